The Morgan fingerprint density at radius 1 is 1.35 bits per heavy atom. The Morgan fingerprint density at radius 3 is 2.71 bits per heavy atom. The summed E-state index contributed by atoms with van der Waals surface area (Å²) >= 11 is 4.84. The normalized spacial score (nSPS) is 11.6. The maximum atomic E-state index is 9.84. The number of rotatable bonds is 5. The van der Waals surface area contributed by atoms with Crippen LogP contribution in [-0.4, -0.2) is 75.4 Å². The predicted molar refractivity (Wildman–Crippen MR) is 77.3 cm³/mol. The van der Waals surface area contributed by atoms with E-state index in [-0.39, 0.29) is 0 Å². The van der Waals surface area contributed by atoms with E-state index >= 15 is 0 Å². The number of benzene rings is 1. The van der Waals surface area contributed by atoms with Gasteiger partial charge < -0.3 is 0 Å². The average Bonchev–Trinajstić information content (AvgIpc) is 2.23. The summed E-state index contributed by atoms with van der Waals surface area (Å²) in [6.07, 6.45) is 2.78. The number of aromatic hydroxyl groups is 1. The van der Waals surface area contributed by atoms with Crippen LogP contribution in [0.15, 0.2) is 17.1 Å². The van der Waals surface area contributed by atoms with Crippen LogP contribution in [0, 0.1) is 0 Å². The summed E-state index contributed by atoms with van der Waals surface area (Å²) in [5, 5.41) is 9.84. The molecule has 0 atom stereocenters. The van der Waals surface area contributed by atoms with E-state index in [1.165, 1.54) is 0 Å². The van der Waals surface area contributed by atoms with Gasteiger partial charge in [-0.3, -0.25) is 0 Å². The van der Waals surface area contributed by atoms with Gasteiger partial charge in [0, 0.05) is 0 Å². The van der Waals surface area contributed by atoms with E-state index in [4.69, 9.17) is 0 Å². The topological polar surface area (TPSA) is 35.8 Å². The molecule has 0 bridgehead atoms. The number of nitrogens with zero attached hydrogens (tertiary/aromatic N) is 2. The number of phenolic OH excluding ortho intramolecular Hbond substituents is 1. The van der Waals surface area contributed by atoms with Gasteiger partial charge in [-0.15, -0.1) is 0 Å². The van der Waals surface area contributed by atoms with Gasteiger partial charge in [-0.25, -0.2) is 0 Å². The first-order valence-corrected chi connectivity index (χ1v) is 7.28. The van der Waals surface area contributed by atoms with E-state index in [9.17, 15) is 5.11 Å². The minimum atomic E-state index is 0.302. The van der Waals surface area contributed by atoms with E-state index in [0.717, 1.165) is 34.0 Å². The first kappa shape index (κ1) is 14.7. The molecule has 0 amide bonds. The van der Waals surface area contributed by atoms with Gasteiger partial charge >= 0.3 is 119 Å². The summed E-state index contributed by atoms with van der Waals surface area (Å²) in [6.45, 7) is 1.82. The van der Waals surface area contributed by atoms with E-state index in [1.807, 2.05) is 12.1 Å². The molecule has 94 valence electrons. The van der Waals surface area contributed by atoms with Crippen LogP contribution in [0.2, 0.25) is 0 Å². The van der Waals surface area contributed by atoms with Crippen LogP contribution in [0.5, 0.6) is 5.75 Å². The molecule has 1 aromatic rings. The van der Waals surface area contributed by atoms with Crippen molar-refractivity contribution in [3.05, 3.63) is 17.7 Å². The van der Waals surface area contributed by atoms with E-state index in [0.29, 0.717) is 5.75 Å². The Kier molecular flexibility index (Phi) is 6.24. The molecule has 0 spiro atoms. The van der Waals surface area contributed by atoms with Crippen LogP contribution in [0.25, 0.3) is 0 Å². The van der Waals surface area contributed by atoms with Gasteiger partial charge in [-0.05, 0) is 0 Å². The third-order valence-corrected chi connectivity index (χ3v) is 3.48. The predicted octanol–water partition coefficient (Wildman–Crippen LogP) is -1.19. The van der Waals surface area contributed by atoms with Gasteiger partial charge in [0.2, 0.25) is 0 Å². The third kappa shape index (κ3) is 5.24. The molecule has 17 heavy (non-hydrogen) atoms. The molecule has 0 aliphatic rings. The second-order valence-electron chi connectivity index (χ2n) is 4.09. The van der Waals surface area contributed by atoms with Crippen molar-refractivity contribution in [2.45, 2.75) is 6.42 Å². The number of aliphatic imine (C=N–C) groups is 1. The van der Waals surface area contributed by atoms with E-state index in [2.05, 4.69) is 56.0 Å². The molecule has 0 saturated carbocycles. The number of hydrogen-bond acceptors (Lipinski definition) is 3. The Hall–Kier alpha value is -0.311. The average molecular weight is 364 g/mol. The van der Waals surface area contributed by atoms with Crippen LogP contribution in [0.3, 0.4) is 0 Å². The number of phenols is 1. The molecule has 5 heteroatoms. The summed E-state index contributed by atoms with van der Waals surface area (Å²) in [5.74, 6) is 0.302. The number of hydrogen-bond donors (Lipinski definition) is 1. The summed E-state index contributed by atoms with van der Waals surface area (Å²) in [7, 11) is 4.10. The van der Waals surface area contributed by atoms with Gasteiger partial charge in [0.25, 0.3) is 0 Å². The fourth-order valence-electron chi connectivity index (χ4n) is 1.37. The molecule has 0 unspecified atom stereocenters. The second-order valence-corrected chi connectivity index (χ2v) is 6.19. The van der Waals surface area contributed by atoms with Crippen LogP contribution < -0.4 is 8.92 Å². The summed E-state index contributed by atoms with van der Waals surface area (Å²) < 4.78 is 1.89. The summed E-state index contributed by atoms with van der Waals surface area (Å²) in [5.41, 5.74) is 0.781. The van der Waals surface area contributed by atoms with Crippen molar-refractivity contribution in [3.8, 4) is 5.75 Å². The standard InChI is InChI=1S/C12H18N2OSe2/c1-14(2)5-3-4-13-8-9-6-10(16)7-11(17)12(9)15/h6-8,15-17H,3-5H2,1-2H3. The monoisotopic (exact) mass is 366 g/mol. The van der Waals surface area contributed by atoms with Crippen LogP contribution in [-0.2, 0) is 0 Å². The van der Waals surface area contributed by atoms with Gasteiger partial charge in [0.1, 0.15) is 0 Å². The molecule has 0 aliphatic carbocycles. The van der Waals surface area contributed by atoms with Crippen molar-refractivity contribution in [2.24, 2.45) is 4.99 Å². The molecule has 0 heterocycles. The summed E-state index contributed by atoms with van der Waals surface area (Å²) in [6, 6.07) is 3.83. The van der Waals surface area contributed by atoms with Crippen LogP contribution >= 0.6 is 0 Å². The van der Waals surface area contributed by atoms with Crippen LogP contribution in [0.1, 0.15) is 12.0 Å². The summed E-state index contributed by atoms with van der Waals surface area (Å²) in [4.78, 5) is 6.47. The van der Waals surface area contributed by atoms with Gasteiger partial charge in [-0.1, -0.05) is 0 Å². The van der Waals surface area contributed by atoms with Crippen molar-refractivity contribution in [1.29, 1.82) is 0 Å². The van der Waals surface area contributed by atoms with Crippen molar-refractivity contribution < 1.29 is 5.11 Å². The fraction of sp³-hybridized carbons (Fsp3) is 0.417. The zero-order valence-corrected chi connectivity index (χ0v) is 13.8. The first-order valence-electron chi connectivity index (χ1n) is 5.40. The molecule has 0 aromatic heterocycles. The molecule has 1 N–H and O–H groups in total. The van der Waals surface area contributed by atoms with Gasteiger partial charge in [0.15, 0.2) is 0 Å². The van der Waals surface area contributed by atoms with Crippen LogP contribution in [0.4, 0.5) is 0 Å². The van der Waals surface area contributed by atoms with Gasteiger partial charge in [-0.2, -0.15) is 0 Å². The maximum absolute atomic E-state index is 9.84. The fourth-order valence-corrected chi connectivity index (χ4v) is 2.97. The van der Waals surface area contributed by atoms with E-state index < -0.39 is 0 Å². The second kappa shape index (κ2) is 7.20. The van der Waals surface area contributed by atoms with E-state index in [1.54, 1.807) is 6.21 Å². The van der Waals surface area contributed by atoms with Gasteiger partial charge in [0.05, 0.1) is 0 Å². The Bertz CT molecular complexity index is 406. The van der Waals surface area contributed by atoms with Crippen molar-refractivity contribution in [3.63, 3.8) is 0 Å². The molecule has 0 aliphatic heterocycles. The zero-order chi connectivity index (χ0) is 12.8. The van der Waals surface area contributed by atoms with Crippen molar-refractivity contribution in [2.75, 3.05) is 27.2 Å². The Morgan fingerprint density at radius 2 is 2.06 bits per heavy atom. The molecular weight excluding hydrogens is 346 g/mol. The Labute approximate surface area is 119 Å². The molecule has 1 aromatic carbocycles. The SMILES string of the molecule is CN(C)CCCN=Cc1cc([SeH])cc([SeH])c1O. The molecule has 0 radical (unpaired) electrons. The minimum absolute atomic E-state index is 0.302. The Balaban J connectivity index is 2.59. The zero-order valence-electron chi connectivity index (χ0n) is 10.1. The molecule has 0 saturated heterocycles. The molecule has 1 rings (SSSR count). The molecule has 3 nitrogen and oxygen atoms in total. The van der Waals surface area contributed by atoms with Crippen molar-refractivity contribution in [1.82, 2.24) is 4.90 Å². The molecular formula is C12H18N2OSe2. The molecule has 0 fully saturated rings. The third-order valence-electron chi connectivity index (χ3n) is 2.23. The first-order chi connectivity index (χ1) is 8.00. The quantitative estimate of drug-likeness (QED) is 0.406. The van der Waals surface area contributed by atoms with Crippen molar-refractivity contribution >= 4 is 47.2 Å².